The molecule has 0 unspecified atom stereocenters. The molecule has 1 amide bonds. The number of sulfonamides is 1. The molecule has 0 aromatic heterocycles. The van der Waals surface area contributed by atoms with Crippen LogP contribution in [0.1, 0.15) is 0 Å². The Morgan fingerprint density at radius 2 is 1.62 bits per heavy atom. The van der Waals surface area contributed by atoms with Gasteiger partial charge in [0.25, 0.3) is 5.91 Å². The van der Waals surface area contributed by atoms with Gasteiger partial charge in [-0.15, -0.1) is 0 Å². The highest BCUT2D eigenvalue weighted by atomic mass is 32.2. The number of hydrogen-bond donors (Lipinski definition) is 1. The van der Waals surface area contributed by atoms with Crippen molar-refractivity contribution in [3.05, 3.63) is 78.9 Å². The maximum atomic E-state index is 13.0. The Morgan fingerprint density at radius 3 is 2.38 bits per heavy atom. The zero-order valence-electron chi connectivity index (χ0n) is 15.8. The van der Waals surface area contributed by atoms with Crippen LogP contribution in [0.25, 0.3) is 11.1 Å². The van der Waals surface area contributed by atoms with Crippen LogP contribution in [0.3, 0.4) is 0 Å². The molecule has 0 radical (unpaired) electrons. The molecular weight excluding hydrogens is 388 g/mol. The number of carbonyl (C=O) groups is 1. The van der Waals surface area contributed by atoms with Crippen LogP contribution in [0.15, 0.2) is 78.9 Å². The Morgan fingerprint density at radius 1 is 0.966 bits per heavy atom. The van der Waals surface area contributed by atoms with Gasteiger partial charge in [0.05, 0.1) is 18.5 Å². The second-order valence-corrected chi connectivity index (χ2v) is 8.68. The van der Waals surface area contributed by atoms with Gasteiger partial charge in [-0.2, -0.15) is 0 Å². The summed E-state index contributed by atoms with van der Waals surface area (Å²) in [5.74, 6) is -0.0443. The molecule has 0 spiro atoms. The lowest BCUT2D eigenvalue weighted by Gasteiger charge is -2.33. The lowest BCUT2D eigenvalue weighted by molar-refractivity contribution is -0.122. The van der Waals surface area contributed by atoms with Crippen LogP contribution in [-0.2, 0) is 14.8 Å². The van der Waals surface area contributed by atoms with Crippen LogP contribution in [0.5, 0.6) is 5.75 Å². The smallest absolute Gasteiger partial charge is 0.267 e. The Balaban J connectivity index is 1.62. The van der Waals surface area contributed by atoms with E-state index in [9.17, 15) is 13.2 Å². The first-order valence-corrected chi connectivity index (χ1v) is 11.0. The number of anilines is 2. The van der Waals surface area contributed by atoms with E-state index < -0.39 is 22.0 Å². The molecular formula is C22H20N2O4S. The average molecular weight is 408 g/mol. The summed E-state index contributed by atoms with van der Waals surface area (Å²) in [7, 11) is -3.56. The topological polar surface area (TPSA) is 75.7 Å². The summed E-state index contributed by atoms with van der Waals surface area (Å²) in [5.41, 5.74) is 2.91. The molecule has 0 saturated carbocycles. The fraction of sp³-hybridized carbons (Fsp3) is 0.136. The maximum absolute atomic E-state index is 13.0. The summed E-state index contributed by atoms with van der Waals surface area (Å²) < 4.78 is 31.5. The first kappa shape index (κ1) is 19.0. The lowest BCUT2D eigenvalue weighted by Crippen LogP contribution is -2.48. The molecule has 0 aliphatic carbocycles. The van der Waals surface area contributed by atoms with Crippen molar-refractivity contribution in [3.63, 3.8) is 0 Å². The van der Waals surface area contributed by atoms with Crippen LogP contribution in [0.4, 0.5) is 11.4 Å². The van der Waals surface area contributed by atoms with Crippen LogP contribution >= 0.6 is 0 Å². The number of para-hydroxylation sites is 3. The van der Waals surface area contributed by atoms with Gasteiger partial charge in [-0.05, 0) is 23.8 Å². The Labute approximate surface area is 169 Å². The van der Waals surface area contributed by atoms with Crippen molar-refractivity contribution in [2.45, 2.75) is 6.10 Å². The standard InChI is InChI=1S/C22H20N2O4S/c1-29(26,27)24-15-21(28-20-14-8-7-13-19(20)24)22(25)23-18-12-6-5-11-17(18)16-9-3-2-4-10-16/h2-14,21H,15H2,1H3,(H,23,25)/t21-/m1/s1. The first-order valence-electron chi connectivity index (χ1n) is 9.12. The molecule has 148 valence electrons. The largest absolute Gasteiger partial charge is 0.476 e. The second kappa shape index (κ2) is 7.60. The molecule has 1 aliphatic rings. The van der Waals surface area contributed by atoms with E-state index in [1.54, 1.807) is 24.3 Å². The number of carbonyl (C=O) groups excluding carboxylic acids is 1. The molecule has 3 aromatic rings. The second-order valence-electron chi connectivity index (χ2n) is 6.77. The fourth-order valence-corrected chi connectivity index (χ4v) is 4.24. The monoisotopic (exact) mass is 408 g/mol. The highest BCUT2D eigenvalue weighted by Gasteiger charge is 2.35. The van der Waals surface area contributed by atoms with Crippen molar-refractivity contribution < 1.29 is 17.9 Å². The quantitative estimate of drug-likeness (QED) is 0.717. The summed E-state index contributed by atoms with van der Waals surface area (Å²) in [6.45, 7) is -0.0881. The van der Waals surface area contributed by atoms with Crippen molar-refractivity contribution >= 4 is 27.3 Å². The van der Waals surface area contributed by atoms with E-state index in [0.29, 0.717) is 17.1 Å². The Bertz CT molecular complexity index is 1150. The van der Waals surface area contributed by atoms with Crippen LogP contribution in [0.2, 0.25) is 0 Å². The number of ether oxygens (including phenoxy) is 1. The number of rotatable bonds is 4. The zero-order chi connectivity index (χ0) is 20.4. The van der Waals surface area contributed by atoms with Gasteiger partial charge in [0, 0.05) is 11.3 Å². The summed E-state index contributed by atoms with van der Waals surface area (Å²) in [6.07, 6.45) is 0.151. The predicted octanol–water partition coefficient (Wildman–Crippen LogP) is 3.52. The van der Waals surface area contributed by atoms with E-state index in [1.807, 2.05) is 54.6 Å². The van der Waals surface area contributed by atoms with Crippen molar-refractivity contribution in [1.29, 1.82) is 0 Å². The molecule has 0 bridgehead atoms. The van der Waals surface area contributed by atoms with E-state index in [4.69, 9.17) is 4.74 Å². The molecule has 3 aromatic carbocycles. The molecule has 1 heterocycles. The number of amides is 1. The van der Waals surface area contributed by atoms with Gasteiger partial charge in [0.1, 0.15) is 5.75 Å². The van der Waals surface area contributed by atoms with Crippen LogP contribution in [0, 0.1) is 0 Å². The third kappa shape index (κ3) is 3.95. The van der Waals surface area contributed by atoms with E-state index in [-0.39, 0.29) is 6.54 Å². The Kier molecular flexibility index (Phi) is 4.98. The molecule has 1 atom stereocenters. The van der Waals surface area contributed by atoms with E-state index in [0.717, 1.165) is 17.4 Å². The van der Waals surface area contributed by atoms with Gasteiger partial charge in [0.15, 0.2) is 6.10 Å². The molecule has 4 rings (SSSR count). The molecule has 1 N–H and O–H groups in total. The molecule has 0 fully saturated rings. The third-order valence-corrected chi connectivity index (χ3v) is 5.84. The molecule has 1 aliphatic heterocycles. The SMILES string of the molecule is CS(=O)(=O)N1C[C@H](C(=O)Nc2ccccc2-c2ccccc2)Oc2ccccc21. The van der Waals surface area contributed by atoms with Gasteiger partial charge < -0.3 is 10.1 Å². The van der Waals surface area contributed by atoms with E-state index in [2.05, 4.69) is 5.32 Å². The molecule has 29 heavy (non-hydrogen) atoms. The minimum atomic E-state index is -3.56. The highest BCUT2D eigenvalue weighted by Crippen LogP contribution is 2.35. The van der Waals surface area contributed by atoms with Crippen molar-refractivity contribution in [2.75, 3.05) is 22.4 Å². The highest BCUT2D eigenvalue weighted by molar-refractivity contribution is 7.92. The number of nitrogens with one attached hydrogen (secondary N) is 1. The lowest BCUT2D eigenvalue weighted by atomic mass is 10.0. The number of hydrogen-bond acceptors (Lipinski definition) is 4. The minimum absolute atomic E-state index is 0.0881. The van der Waals surface area contributed by atoms with Crippen LogP contribution < -0.4 is 14.4 Å². The van der Waals surface area contributed by atoms with Gasteiger partial charge in [-0.3, -0.25) is 9.10 Å². The van der Waals surface area contributed by atoms with Gasteiger partial charge >= 0.3 is 0 Å². The molecule has 0 saturated heterocycles. The third-order valence-electron chi connectivity index (χ3n) is 4.70. The zero-order valence-corrected chi connectivity index (χ0v) is 16.6. The summed E-state index contributed by atoms with van der Waals surface area (Å²) in [5, 5.41) is 2.90. The summed E-state index contributed by atoms with van der Waals surface area (Å²) in [4.78, 5) is 13.0. The fourth-order valence-electron chi connectivity index (χ4n) is 3.33. The van der Waals surface area contributed by atoms with E-state index >= 15 is 0 Å². The van der Waals surface area contributed by atoms with Crippen molar-refractivity contribution in [1.82, 2.24) is 0 Å². The first-order chi connectivity index (χ1) is 13.9. The predicted molar refractivity (Wildman–Crippen MR) is 114 cm³/mol. The number of nitrogens with zero attached hydrogens (tertiary/aromatic N) is 1. The van der Waals surface area contributed by atoms with E-state index in [1.165, 1.54) is 4.31 Å². The van der Waals surface area contributed by atoms with Crippen molar-refractivity contribution in [2.24, 2.45) is 0 Å². The van der Waals surface area contributed by atoms with Gasteiger partial charge in [-0.25, -0.2) is 8.42 Å². The molecule has 7 heteroatoms. The van der Waals surface area contributed by atoms with Gasteiger partial charge in [-0.1, -0.05) is 60.7 Å². The maximum Gasteiger partial charge on any atom is 0.267 e. The number of fused-ring (bicyclic) bond motifs is 1. The normalized spacial score (nSPS) is 15.9. The van der Waals surface area contributed by atoms with Crippen molar-refractivity contribution in [3.8, 4) is 16.9 Å². The minimum Gasteiger partial charge on any atom is -0.476 e. The Hall–Kier alpha value is -3.32. The number of benzene rings is 3. The molecule has 6 nitrogen and oxygen atoms in total. The van der Waals surface area contributed by atoms with Crippen LogP contribution in [-0.4, -0.2) is 33.2 Å². The summed E-state index contributed by atoms with van der Waals surface area (Å²) >= 11 is 0. The average Bonchev–Trinajstić information content (AvgIpc) is 2.73. The van der Waals surface area contributed by atoms with Gasteiger partial charge in [0.2, 0.25) is 10.0 Å². The summed E-state index contributed by atoms with van der Waals surface area (Å²) in [6, 6.07) is 24.0.